The first-order valence-corrected chi connectivity index (χ1v) is 10.4. The SMILES string of the molecule is C[C@@H]1O[C@@H](O)[C@H](O)[C@H](O)[C@H]1O[C@@H]1O[C@H](CO)[C@@H](O[C@@H]2O[C@H](CO)[C@@H](O)[C@H](O)[C@H]2O)[C@H](O)[C@H]1O. The molecule has 0 amide bonds. The van der Waals surface area contributed by atoms with Crippen molar-refractivity contribution >= 4 is 0 Å². The monoisotopic (exact) mass is 488 g/mol. The van der Waals surface area contributed by atoms with E-state index in [9.17, 15) is 51.1 Å². The van der Waals surface area contributed by atoms with Gasteiger partial charge in [-0.25, -0.2) is 0 Å². The molecule has 15 atom stereocenters. The Hall–Kier alpha value is -0.600. The fraction of sp³-hybridized carbons (Fsp3) is 1.00. The fourth-order valence-corrected chi connectivity index (χ4v) is 4.03. The van der Waals surface area contributed by atoms with Gasteiger partial charge in [-0.2, -0.15) is 0 Å². The lowest BCUT2D eigenvalue weighted by molar-refractivity contribution is -0.376. The van der Waals surface area contributed by atoms with Crippen LogP contribution in [0.5, 0.6) is 0 Å². The smallest absolute Gasteiger partial charge is 0.187 e. The third kappa shape index (κ3) is 5.32. The molecule has 0 unspecified atom stereocenters. The number of aliphatic hydroxyl groups excluding tert-OH is 10. The molecule has 0 saturated carbocycles. The Labute approximate surface area is 187 Å². The summed E-state index contributed by atoms with van der Waals surface area (Å²) in [5, 5.41) is 99.5. The predicted octanol–water partition coefficient (Wildman–Crippen LogP) is -6.55. The van der Waals surface area contributed by atoms with Gasteiger partial charge in [0.1, 0.15) is 67.1 Å². The third-order valence-corrected chi connectivity index (χ3v) is 6.05. The normalized spacial score (nSPS) is 53.7. The van der Waals surface area contributed by atoms with Gasteiger partial charge in [-0.1, -0.05) is 0 Å². The van der Waals surface area contributed by atoms with Crippen molar-refractivity contribution in [2.75, 3.05) is 13.2 Å². The van der Waals surface area contributed by atoms with Crippen LogP contribution >= 0.6 is 0 Å². The van der Waals surface area contributed by atoms with Crippen molar-refractivity contribution in [2.24, 2.45) is 0 Å². The van der Waals surface area contributed by atoms with Gasteiger partial charge in [-0.15, -0.1) is 0 Å². The van der Waals surface area contributed by atoms with E-state index in [1.807, 2.05) is 0 Å². The van der Waals surface area contributed by atoms with E-state index in [2.05, 4.69) is 0 Å². The van der Waals surface area contributed by atoms with Crippen LogP contribution in [-0.4, -0.2) is 156 Å². The summed E-state index contributed by atoms with van der Waals surface area (Å²) in [6.07, 6.45) is -23.6. The minimum absolute atomic E-state index is 0.721. The summed E-state index contributed by atoms with van der Waals surface area (Å²) in [7, 11) is 0. The maximum Gasteiger partial charge on any atom is 0.187 e. The van der Waals surface area contributed by atoms with Crippen LogP contribution in [0.15, 0.2) is 0 Å². The number of rotatable bonds is 6. The quantitative estimate of drug-likeness (QED) is 0.167. The van der Waals surface area contributed by atoms with Crippen molar-refractivity contribution in [3.8, 4) is 0 Å². The molecule has 0 bridgehead atoms. The molecule has 15 heteroatoms. The molecule has 0 aromatic carbocycles. The van der Waals surface area contributed by atoms with Crippen LogP contribution in [-0.2, 0) is 23.7 Å². The summed E-state index contributed by atoms with van der Waals surface area (Å²) in [5.41, 5.74) is 0. The first-order chi connectivity index (χ1) is 15.5. The summed E-state index contributed by atoms with van der Waals surface area (Å²) in [4.78, 5) is 0. The molecule has 33 heavy (non-hydrogen) atoms. The topological polar surface area (TPSA) is 248 Å². The number of hydrogen-bond donors (Lipinski definition) is 10. The van der Waals surface area contributed by atoms with Gasteiger partial charge in [-0.3, -0.25) is 0 Å². The Morgan fingerprint density at radius 1 is 0.545 bits per heavy atom. The van der Waals surface area contributed by atoms with E-state index in [0.717, 1.165) is 0 Å². The van der Waals surface area contributed by atoms with Crippen LogP contribution in [0.4, 0.5) is 0 Å². The highest BCUT2D eigenvalue weighted by Gasteiger charge is 2.52. The van der Waals surface area contributed by atoms with Gasteiger partial charge < -0.3 is 74.7 Å². The first-order valence-electron chi connectivity index (χ1n) is 10.4. The molecule has 3 rings (SSSR count). The highest BCUT2D eigenvalue weighted by Crippen LogP contribution is 2.32. The second-order valence-corrected chi connectivity index (χ2v) is 8.32. The maximum atomic E-state index is 10.6. The second-order valence-electron chi connectivity index (χ2n) is 8.32. The lowest BCUT2D eigenvalue weighted by Crippen LogP contribution is -2.66. The Kier molecular flexibility index (Phi) is 8.99. The number of aliphatic hydroxyl groups is 10. The van der Waals surface area contributed by atoms with Crippen molar-refractivity contribution in [3.05, 3.63) is 0 Å². The molecule has 194 valence electrons. The van der Waals surface area contributed by atoms with Crippen molar-refractivity contribution in [2.45, 2.75) is 99.0 Å². The van der Waals surface area contributed by atoms with Gasteiger partial charge in [-0.05, 0) is 6.92 Å². The molecule has 3 aliphatic rings. The number of hydrogen-bond acceptors (Lipinski definition) is 15. The Morgan fingerprint density at radius 2 is 1.03 bits per heavy atom. The lowest BCUT2D eigenvalue weighted by Gasteiger charge is -2.47. The van der Waals surface area contributed by atoms with Crippen LogP contribution in [0.2, 0.25) is 0 Å². The summed E-state index contributed by atoms with van der Waals surface area (Å²) in [6, 6.07) is 0. The van der Waals surface area contributed by atoms with E-state index in [0.29, 0.717) is 0 Å². The minimum atomic E-state index is -1.83. The molecule has 0 aliphatic carbocycles. The third-order valence-electron chi connectivity index (χ3n) is 6.05. The molecule has 3 heterocycles. The van der Waals surface area contributed by atoms with E-state index in [-0.39, 0.29) is 0 Å². The summed E-state index contributed by atoms with van der Waals surface area (Å²) in [6.45, 7) is -0.0729. The van der Waals surface area contributed by atoms with Gasteiger partial charge in [0.15, 0.2) is 18.9 Å². The molecule has 0 radical (unpaired) electrons. The van der Waals surface area contributed by atoms with Gasteiger partial charge in [0.05, 0.1) is 19.3 Å². The molecule has 0 aromatic heterocycles. The standard InChI is InChI=1S/C18H32O15/c1-4-14(9(23)11(25)16(28)29-4)32-18-13(27)10(24)15(6(3-20)31-18)33-17-12(26)8(22)7(21)5(2-19)30-17/h4-28H,2-3H2,1H3/t4-,5+,6+,7+,8-,9-,10+,11+,12+,13+,14-,15+,16+,17-,18-/m0/s1. The molecule has 0 spiro atoms. The Bertz CT molecular complexity index is 622. The van der Waals surface area contributed by atoms with Crippen LogP contribution in [0, 0.1) is 0 Å². The van der Waals surface area contributed by atoms with E-state index < -0.39 is 105 Å². The van der Waals surface area contributed by atoms with Gasteiger partial charge in [0, 0.05) is 0 Å². The first kappa shape index (κ1) is 27.0. The Morgan fingerprint density at radius 3 is 1.61 bits per heavy atom. The average Bonchev–Trinajstić information content (AvgIpc) is 2.79. The zero-order chi connectivity index (χ0) is 24.6. The van der Waals surface area contributed by atoms with Gasteiger partial charge >= 0.3 is 0 Å². The fourth-order valence-electron chi connectivity index (χ4n) is 4.03. The Balaban J connectivity index is 1.70. The highest BCUT2D eigenvalue weighted by molar-refractivity contribution is 4.95. The van der Waals surface area contributed by atoms with Gasteiger partial charge in [0.25, 0.3) is 0 Å². The van der Waals surface area contributed by atoms with Crippen molar-refractivity contribution < 1.29 is 74.7 Å². The molecule has 3 aliphatic heterocycles. The molecular weight excluding hydrogens is 456 g/mol. The maximum absolute atomic E-state index is 10.6. The summed E-state index contributed by atoms with van der Waals surface area (Å²) in [5.74, 6) is 0. The molecule has 15 nitrogen and oxygen atoms in total. The van der Waals surface area contributed by atoms with E-state index >= 15 is 0 Å². The van der Waals surface area contributed by atoms with Crippen LogP contribution in [0.3, 0.4) is 0 Å². The largest absolute Gasteiger partial charge is 0.394 e. The van der Waals surface area contributed by atoms with E-state index in [4.69, 9.17) is 23.7 Å². The number of ether oxygens (including phenoxy) is 5. The van der Waals surface area contributed by atoms with Crippen molar-refractivity contribution in [1.29, 1.82) is 0 Å². The predicted molar refractivity (Wildman–Crippen MR) is 99.8 cm³/mol. The summed E-state index contributed by atoms with van der Waals surface area (Å²) < 4.78 is 26.6. The second kappa shape index (κ2) is 11.0. The van der Waals surface area contributed by atoms with E-state index in [1.54, 1.807) is 0 Å². The van der Waals surface area contributed by atoms with Crippen LogP contribution < -0.4 is 0 Å². The van der Waals surface area contributed by atoms with Gasteiger partial charge in [0.2, 0.25) is 0 Å². The summed E-state index contributed by atoms with van der Waals surface area (Å²) >= 11 is 0. The lowest BCUT2D eigenvalue weighted by atomic mass is 9.96. The average molecular weight is 488 g/mol. The molecule has 0 aromatic rings. The molecule has 3 fully saturated rings. The van der Waals surface area contributed by atoms with Crippen molar-refractivity contribution in [3.63, 3.8) is 0 Å². The zero-order valence-corrected chi connectivity index (χ0v) is 17.6. The molecule has 3 saturated heterocycles. The highest BCUT2D eigenvalue weighted by atomic mass is 16.8. The molecular formula is C18H32O15. The molecule has 10 N–H and O–H groups in total. The minimum Gasteiger partial charge on any atom is -0.394 e. The van der Waals surface area contributed by atoms with Crippen LogP contribution in [0.1, 0.15) is 6.92 Å². The van der Waals surface area contributed by atoms with E-state index in [1.165, 1.54) is 6.92 Å². The zero-order valence-electron chi connectivity index (χ0n) is 17.6. The van der Waals surface area contributed by atoms with Crippen molar-refractivity contribution in [1.82, 2.24) is 0 Å². The van der Waals surface area contributed by atoms with Crippen LogP contribution in [0.25, 0.3) is 0 Å².